The number of thiophene rings is 1. The van der Waals surface area contributed by atoms with E-state index in [4.69, 9.17) is 0 Å². The average Bonchev–Trinajstić information content (AvgIpc) is 3.06. The van der Waals surface area contributed by atoms with Gasteiger partial charge in [-0.3, -0.25) is 4.90 Å². The second-order valence-corrected chi connectivity index (χ2v) is 8.16. The zero-order valence-electron chi connectivity index (χ0n) is 11.1. The molecule has 0 radical (unpaired) electrons. The molecule has 1 aromatic heterocycles. The van der Waals surface area contributed by atoms with Crippen molar-refractivity contribution in [2.24, 2.45) is 5.92 Å². The Morgan fingerprint density at radius 3 is 2.89 bits per heavy atom. The third-order valence-corrected chi connectivity index (χ3v) is 5.91. The average molecular weight is 329 g/mol. The van der Waals surface area contributed by atoms with Crippen LogP contribution in [-0.2, 0) is 6.54 Å². The molecule has 1 aliphatic carbocycles. The Balaban J connectivity index is 1.70. The predicted octanol–water partition coefficient (Wildman–Crippen LogP) is 3.47. The first-order chi connectivity index (χ1) is 8.54. The number of halogens is 1. The lowest BCUT2D eigenvalue weighted by atomic mass is 9.95. The van der Waals surface area contributed by atoms with Crippen LogP contribution in [0.4, 0.5) is 0 Å². The molecule has 18 heavy (non-hydrogen) atoms. The number of hydrogen-bond donors (Lipinski definition) is 1. The van der Waals surface area contributed by atoms with Crippen LogP contribution < -0.4 is 5.32 Å². The highest BCUT2D eigenvalue weighted by molar-refractivity contribution is 9.10. The van der Waals surface area contributed by atoms with E-state index in [1.54, 1.807) is 0 Å². The van der Waals surface area contributed by atoms with Gasteiger partial charge < -0.3 is 5.32 Å². The molecule has 1 aromatic rings. The normalized spacial score (nSPS) is 28.5. The van der Waals surface area contributed by atoms with Gasteiger partial charge in [-0.05, 0) is 54.6 Å². The molecule has 1 saturated carbocycles. The van der Waals surface area contributed by atoms with E-state index in [9.17, 15) is 0 Å². The summed E-state index contributed by atoms with van der Waals surface area (Å²) in [5.41, 5.74) is 0.266. The molecule has 2 fully saturated rings. The molecule has 1 N–H and O–H groups in total. The zero-order chi connectivity index (χ0) is 12.8. The Hall–Kier alpha value is 0.1000. The van der Waals surface area contributed by atoms with Crippen molar-refractivity contribution in [2.45, 2.75) is 44.8 Å². The molecule has 1 unspecified atom stereocenters. The zero-order valence-corrected chi connectivity index (χ0v) is 13.5. The maximum absolute atomic E-state index is 3.74. The molecule has 2 heterocycles. The van der Waals surface area contributed by atoms with Gasteiger partial charge in [0.15, 0.2) is 0 Å². The number of rotatable bonds is 3. The molecule has 2 aliphatic rings. The lowest BCUT2D eigenvalue weighted by Gasteiger charge is -2.46. The van der Waals surface area contributed by atoms with Crippen LogP contribution in [0.25, 0.3) is 0 Å². The van der Waals surface area contributed by atoms with Crippen LogP contribution in [0.5, 0.6) is 0 Å². The smallest absolute Gasteiger partial charge is 0.0334 e. The number of hydrogen-bond acceptors (Lipinski definition) is 3. The van der Waals surface area contributed by atoms with Crippen molar-refractivity contribution in [3.8, 4) is 0 Å². The molecule has 1 atom stereocenters. The van der Waals surface area contributed by atoms with Crippen LogP contribution in [0.2, 0.25) is 0 Å². The van der Waals surface area contributed by atoms with Gasteiger partial charge in [-0.2, -0.15) is 0 Å². The SMILES string of the molecule is CC1(C)CNC(C2CC2)CN1Cc1cc(Br)cs1. The molecule has 1 aliphatic heterocycles. The third-order valence-electron chi connectivity index (χ3n) is 4.23. The minimum atomic E-state index is 0.266. The van der Waals surface area contributed by atoms with Crippen LogP contribution >= 0.6 is 27.3 Å². The summed E-state index contributed by atoms with van der Waals surface area (Å²) >= 11 is 5.41. The number of nitrogens with zero attached hydrogens (tertiary/aromatic N) is 1. The van der Waals surface area contributed by atoms with E-state index in [0.29, 0.717) is 0 Å². The molecule has 1 saturated heterocycles. The molecule has 0 bridgehead atoms. The predicted molar refractivity (Wildman–Crippen MR) is 81.0 cm³/mol. The first-order valence-electron chi connectivity index (χ1n) is 6.76. The van der Waals surface area contributed by atoms with E-state index in [1.807, 2.05) is 11.3 Å². The van der Waals surface area contributed by atoms with Crippen molar-refractivity contribution in [2.75, 3.05) is 13.1 Å². The van der Waals surface area contributed by atoms with Crippen molar-refractivity contribution < 1.29 is 0 Å². The van der Waals surface area contributed by atoms with Gasteiger partial charge >= 0.3 is 0 Å². The summed E-state index contributed by atoms with van der Waals surface area (Å²) < 4.78 is 1.22. The molecule has 2 nitrogen and oxygen atoms in total. The van der Waals surface area contributed by atoms with Gasteiger partial charge in [0.25, 0.3) is 0 Å². The maximum atomic E-state index is 3.74. The maximum Gasteiger partial charge on any atom is 0.0334 e. The minimum Gasteiger partial charge on any atom is -0.311 e. The Labute approximate surface area is 122 Å². The molecular formula is C14H21BrN2S. The fourth-order valence-electron chi connectivity index (χ4n) is 2.76. The Morgan fingerprint density at radius 1 is 1.50 bits per heavy atom. The van der Waals surface area contributed by atoms with E-state index in [2.05, 4.69) is 51.4 Å². The second kappa shape index (κ2) is 4.89. The van der Waals surface area contributed by atoms with Gasteiger partial charge in [0.1, 0.15) is 0 Å². The van der Waals surface area contributed by atoms with Crippen LogP contribution in [0.3, 0.4) is 0 Å². The highest BCUT2D eigenvalue weighted by Gasteiger charge is 2.40. The Morgan fingerprint density at radius 2 is 2.28 bits per heavy atom. The van der Waals surface area contributed by atoms with Crippen molar-refractivity contribution in [3.05, 3.63) is 20.8 Å². The van der Waals surface area contributed by atoms with Crippen molar-refractivity contribution in [1.82, 2.24) is 10.2 Å². The van der Waals surface area contributed by atoms with Gasteiger partial charge in [0, 0.05) is 45.9 Å². The summed E-state index contributed by atoms with van der Waals surface area (Å²) in [4.78, 5) is 4.12. The summed E-state index contributed by atoms with van der Waals surface area (Å²) in [6.07, 6.45) is 2.85. The summed E-state index contributed by atoms with van der Waals surface area (Å²) in [6, 6.07) is 2.98. The van der Waals surface area contributed by atoms with Crippen LogP contribution in [-0.4, -0.2) is 29.6 Å². The van der Waals surface area contributed by atoms with Crippen LogP contribution in [0, 0.1) is 5.92 Å². The van der Waals surface area contributed by atoms with Crippen molar-refractivity contribution in [1.29, 1.82) is 0 Å². The third kappa shape index (κ3) is 2.82. The molecule has 0 amide bonds. The lowest BCUT2D eigenvalue weighted by Crippen LogP contribution is -2.62. The van der Waals surface area contributed by atoms with Crippen LogP contribution in [0.15, 0.2) is 15.9 Å². The molecule has 4 heteroatoms. The standard InChI is InChI=1S/C14H21BrN2S/c1-14(2)9-16-13(10-3-4-10)7-17(14)6-12-5-11(15)8-18-12/h5,8,10,13,16H,3-4,6-7,9H2,1-2H3. The monoisotopic (exact) mass is 328 g/mol. The van der Waals surface area contributed by atoms with Gasteiger partial charge in [-0.1, -0.05) is 0 Å². The topological polar surface area (TPSA) is 15.3 Å². The summed E-state index contributed by atoms with van der Waals surface area (Å²) in [7, 11) is 0. The molecule has 0 aromatic carbocycles. The summed E-state index contributed by atoms with van der Waals surface area (Å²) in [5.74, 6) is 0.943. The van der Waals surface area contributed by atoms with Gasteiger partial charge in [-0.15, -0.1) is 11.3 Å². The van der Waals surface area contributed by atoms with E-state index in [1.165, 1.54) is 28.7 Å². The largest absolute Gasteiger partial charge is 0.311 e. The highest BCUT2D eigenvalue weighted by atomic mass is 79.9. The van der Waals surface area contributed by atoms with E-state index in [0.717, 1.165) is 25.0 Å². The summed E-state index contributed by atoms with van der Waals surface area (Å²) in [6.45, 7) is 8.11. The fraction of sp³-hybridized carbons (Fsp3) is 0.714. The van der Waals surface area contributed by atoms with Gasteiger partial charge in [-0.25, -0.2) is 0 Å². The molecule has 0 spiro atoms. The lowest BCUT2D eigenvalue weighted by molar-refractivity contribution is 0.0543. The number of nitrogens with one attached hydrogen (secondary N) is 1. The van der Waals surface area contributed by atoms with Crippen molar-refractivity contribution >= 4 is 27.3 Å². The van der Waals surface area contributed by atoms with E-state index in [-0.39, 0.29) is 5.54 Å². The Kier molecular flexibility index (Phi) is 3.56. The molecular weight excluding hydrogens is 308 g/mol. The van der Waals surface area contributed by atoms with Gasteiger partial charge in [0.2, 0.25) is 0 Å². The highest BCUT2D eigenvalue weighted by Crippen LogP contribution is 2.36. The first kappa shape index (κ1) is 13.1. The Bertz CT molecular complexity index is 425. The van der Waals surface area contributed by atoms with E-state index < -0.39 is 0 Å². The first-order valence-corrected chi connectivity index (χ1v) is 8.43. The summed E-state index contributed by atoms with van der Waals surface area (Å²) in [5, 5.41) is 5.93. The van der Waals surface area contributed by atoms with Gasteiger partial charge in [0.05, 0.1) is 0 Å². The fourth-order valence-corrected chi connectivity index (χ4v) is 4.23. The second-order valence-electron chi connectivity index (χ2n) is 6.25. The minimum absolute atomic E-state index is 0.266. The van der Waals surface area contributed by atoms with Crippen LogP contribution in [0.1, 0.15) is 31.6 Å². The molecule has 100 valence electrons. The van der Waals surface area contributed by atoms with E-state index >= 15 is 0 Å². The number of piperazine rings is 1. The molecule has 3 rings (SSSR count). The quantitative estimate of drug-likeness (QED) is 0.913. The van der Waals surface area contributed by atoms with Crippen molar-refractivity contribution in [3.63, 3.8) is 0 Å².